The molecule has 1 N–H and O–H groups in total. The summed E-state index contributed by atoms with van der Waals surface area (Å²) in [5.41, 5.74) is 2.24. The first-order valence-electron chi connectivity index (χ1n) is 4.56. The fourth-order valence-corrected chi connectivity index (χ4v) is 1.97. The van der Waals surface area contributed by atoms with Crippen molar-refractivity contribution in [1.29, 1.82) is 0 Å². The SMILES string of the molecule is Cn1cc(Cl)c2cc(CCO)ccc21. The van der Waals surface area contributed by atoms with E-state index in [1.165, 1.54) is 0 Å². The summed E-state index contributed by atoms with van der Waals surface area (Å²) in [6.07, 6.45) is 2.58. The van der Waals surface area contributed by atoms with Gasteiger partial charge in [-0.2, -0.15) is 0 Å². The van der Waals surface area contributed by atoms with Crippen LogP contribution in [0.5, 0.6) is 0 Å². The number of hydrogen-bond donors (Lipinski definition) is 1. The summed E-state index contributed by atoms with van der Waals surface area (Å²) in [4.78, 5) is 0. The van der Waals surface area contributed by atoms with E-state index in [1.54, 1.807) is 0 Å². The Hall–Kier alpha value is -0.990. The lowest BCUT2D eigenvalue weighted by Gasteiger charge is -2.00. The molecule has 0 spiro atoms. The van der Waals surface area contributed by atoms with Crippen molar-refractivity contribution in [3.05, 3.63) is 35.0 Å². The minimum Gasteiger partial charge on any atom is -0.396 e. The minimum absolute atomic E-state index is 0.177. The van der Waals surface area contributed by atoms with Crippen molar-refractivity contribution >= 4 is 22.5 Å². The Kier molecular flexibility index (Phi) is 2.48. The van der Waals surface area contributed by atoms with Crippen LogP contribution < -0.4 is 0 Å². The highest BCUT2D eigenvalue weighted by Gasteiger charge is 2.04. The topological polar surface area (TPSA) is 25.2 Å². The number of benzene rings is 1. The number of aromatic nitrogens is 1. The Labute approximate surface area is 87.7 Å². The molecule has 2 aromatic rings. The third-order valence-electron chi connectivity index (χ3n) is 2.41. The molecule has 0 amide bonds. The number of fused-ring (bicyclic) bond motifs is 1. The summed E-state index contributed by atoms with van der Waals surface area (Å²) in [6, 6.07) is 6.09. The summed E-state index contributed by atoms with van der Waals surface area (Å²) in [7, 11) is 1.97. The third kappa shape index (κ3) is 1.51. The summed E-state index contributed by atoms with van der Waals surface area (Å²) in [6.45, 7) is 0.177. The molecule has 3 heteroatoms. The molecule has 0 aliphatic carbocycles. The number of aliphatic hydroxyl groups is 1. The van der Waals surface area contributed by atoms with Crippen molar-refractivity contribution < 1.29 is 5.11 Å². The average Bonchev–Trinajstić information content (AvgIpc) is 2.43. The predicted octanol–water partition coefficient (Wildman–Crippen LogP) is 2.37. The molecule has 0 fully saturated rings. The van der Waals surface area contributed by atoms with E-state index in [9.17, 15) is 0 Å². The molecule has 0 unspecified atom stereocenters. The lowest BCUT2D eigenvalue weighted by molar-refractivity contribution is 0.299. The lowest BCUT2D eigenvalue weighted by atomic mass is 10.1. The van der Waals surface area contributed by atoms with Gasteiger partial charge in [0.05, 0.1) is 5.02 Å². The van der Waals surface area contributed by atoms with E-state index in [2.05, 4.69) is 0 Å². The Morgan fingerprint density at radius 3 is 2.93 bits per heavy atom. The van der Waals surface area contributed by atoms with Crippen molar-refractivity contribution in [1.82, 2.24) is 4.57 Å². The van der Waals surface area contributed by atoms with E-state index in [4.69, 9.17) is 16.7 Å². The fraction of sp³-hybridized carbons (Fsp3) is 0.273. The van der Waals surface area contributed by atoms with Crippen molar-refractivity contribution in [2.24, 2.45) is 7.05 Å². The number of halogens is 1. The molecule has 0 aliphatic heterocycles. The maximum absolute atomic E-state index is 8.83. The third-order valence-corrected chi connectivity index (χ3v) is 2.71. The second-order valence-corrected chi connectivity index (χ2v) is 3.82. The van der Waals surface area contributed by atoms with E-state index in [1.807, 2.05) is 36.0 Å². The monoisotopic (exact) mass is 209 g/mol. The van der Waals surface area contributed by atoms with Crippen LogP contribution in [0.3, 0.4) is 0 Å². The summed E-state index contributed by atoms with van der Waals surface area (Å²) >= 11 is 6.07. The van der Waals surface area contributed by atoms with Gasteiger partial charge in [-0.1, -0.05) is 17.7 Å². The lowest BCUT2D eigenvalue weighted by Crippen LogP contribution is -1.90. The maximum atomic E-state index is 8.83. The van der Waals surface area contributed by atoms with Gasteiger partial charge < -0.3 is 9.67 Å². The fourth-order valence-electron chi connectivity index (χ4n) is 1.68. The zero-order valence-corrected chi connectivity index (χ0v) is 8.75. The smallest absolute Gasteiger partial charge is 0.0661 e. The van der Waals surface area contributed by atoms with E-state index in [0.717, 1.165) is 21.5 Å². The van der Waals surface area contributed by atoms with Crippen LogP contribution in [-0.4, -0.2) is 16.3 Å². The highest BCUT2D eigenvalue weighted by Crippen LogP contribution is 2.25. The van der Waals surface area contributed by atoms with Gasteiger partial charge in [0.2, 0.25) is 0 Å². The van der Waals surface area contributed by atoms with E-state index >= 15 is 0 Å². The second-order valence-electron chi connectivity index (χ2n) is 3.41. The first-order chi connectivity index (χ1) is 6.72. The van der Waals surface area contributed by atoms with Crippen LogP contribution in [0.25, 0.3) is 10.9 Å². The van der Waals surface area contributed by atoms with Crippen LogP contribution in [0.1, 0.15) is 5.56 Å². The van der Waals surface area contributed by atoms with E-state index in [-0.39, 0.29) is 6.61 Å². The van der Waals surface area contributed by atoms with Gasteiger partial charge in [-0.3, -0.25) is 0 Å². The van der Waals surface area contributed by atoms with Crippen LogP contribution in [0.2, 0.25) is 5.02 Å². The number of aryl methyl sites for hydroxylation is 1. The van der Waals surface area contributed by atoms with Gasteiger partial charge in [-0.25, -0.2) is 0 Å². The summed E-state index contributed by atoms with van der Waals surface area (Å²) < 4.78 is 2.00. The zero-order chi connectivity index (χ0) is 10.1. The predicted molar refractivity (Wildman–Crippen MR) is 58.7 cm³/mol. The molecule has 0 atom stereocenters. The van der Waals surface area contributed by atoms with Crippen LogP contribution in [-0.2, 0) is 13.5 Å². The molecule has 0 aliphatic rings. The normalized spacial score (nSPS) is 11.1. The number of aliphatic hydroxyl groups excluding tert-OH is 1. The molecule has 0 saturated carbocycles. The van der Waals surface area contributed by atoms with Crippen LogP contribution >= 0.6 is 11.6 Å². The summed E-state index contributed by atoms with van der Waals surface area (Å²) in [5, 5.41) is 10.6. The Morgan fingerprint density at radius 1 is 1.43 bits per heavy atom. The van der Waals surface area contributed by atoms with Crippen molar-refractivity contribution in [3.63, 3.8) is 0 Å². The van der Waals surface area contributed by atoms with Gasteiger partial charge in [0.15, 0.2) is 0 Å². The summed E-state index contributed by atoms with van der Waals surface area (Å²) in [5.74, 6) is 0. The largest absolute Gasteiger partial charge is 0.396 e. The van der Waals surface area contributed by atoms with Crippen LogP contribution in [0, 0.1) is 0 Å². The van der Waals surface area contributed by atoms with E-state index in [0.29, 0.717) is 6.42 Å². The van der Waals surface area contributed by atoms with Crippen molar-refractivity contribution in [3.8, 4) is 0 Å². The van der Waals surface area contributed by atoms with Gasteiger partial charge in [-0.05, 0) is 24.1 Å². The van der Waals surface area contributed by atoms with Crippen LogP contribution in [0.4, 0.5) is 0 Å². The van der Waals surface area contributed by atoms with E-state index < -0.39 is 0 Å². The Bertz CT molecular complexity index is 462. The van der Waals surface area contributed by atoms with Gasteiger partial charge >= 0.3 is 0 Å². The molecule has 1 heterocycles. The molecule has 0 saturated heterocycles. The zero-order valence-electron chi connectivity index (χ0n) is 8.00. The van der Waals surface area contributed by atoms with Crippen LogP contribution in [0.15, 0.2) is 24.4 Å². The molecule has 0 bridgehead atoms. The molecule has 1 aromatic heterocycles. The first-order valence-corrected chi connectivity index (χ1v) is 4.94. The molecule has 14 heavy (non-hydrogen) atoms. The van der Waals surface area contributed by atoms with Gasteiger partial charge in [0.1, 0.15) is 0 Å². The molecule has 74 valence electrons. The highest BCUT2D eigenvalue weighted by molar-refractivity contribution is 6.35. The number of rotatable bonds is 2. The Morgan fingerprint density at radius 2 is 2.21 bits per heavy atom. The molecule has 1 aromatic carbocycles. The molecular weight excluding hydrogens is 198 g/mol. The maximum Gasteiger partial charge on any atom is 0.0661 e. The minimum atomic E-state index is 0.177. The molecule has 2 nitrogen and oxygen atoms in total. The first kappa shape index (κ1) is 9.56. The van der Waals surface area contributed by atoms with Gasteiger partial charge in [0, 0.05) is 30.8 Å². The standard InChI is InChI=1S/C11H12ClNO/c1-13-7-10(12)9-6-8(4-5-14)2-3-11(9)13/h2-3,6-7,14H,4-5H2,1H3. The average molecular weight is 210 g/mol. The van der Waals surface area contributed by atoms with Gasteiger partial charge in [0.25, 0.3) is 0 Å². The van der Waals surface area contributed by atoms with Crippen molar-refractivity contribution in [2.45, 2.75) is 6.42 Å². The molecule has 0 radical (unpaired) electrons. The number of nitrogens with zero attached hydrogens (tertiary/aromatic N) is 1. The quantitative estimate of drug-likeness (QED) is 0.807. The highest BCUT2D eigenvalue weighted by atomic mass is 35.5. The molecular formula is C11H12ClNO. The molecule has 2 rings (SSSR count). The van der Waals surface area contributed by atoms with Gasteiger partial charge in [-0.15, -0.1) is 0 Å². The second kappa shape index (κ2) is 3.64. The Balaban J connectivity index is 2.59. The van der Waals surface area contributed by atoms with Crippen molar-refractivity contribution in [2.75, 3.05) is 6.61 Å². The number of hydrogen-bond acceptors (Lipinski definition) is 1.